The molecule has 0 unspecified atom stereocenters. The molecule has 3 aromatic carbocycles. The van der Waals surface area contributed by atoms with Crippen LogP contribution in [-0.4, -0.2) is 57.0 Å². The van der Waals surface area contributed by atoms with E-state index in [0.717, 1.165) is 21.9 Å². The number of allylic oxidation sites excluding steroid dienone is 1. The van der Waals surface area contributed by atoms with Crippen LogP contribution in [0.1, 0.15) is 33.2 Å². The zero-order chi connectivity index (χ0) is 24.7. The first-order valence-electron chi connectivity index (χ1n) is 10.9. The fourth-order valence-electron chi connectivity index (χ4n) is 3.46. The van der Waals surface area contributed by atoms with E-state index in [1.807, 2.05) is 68.4 Å². The van der Waals surface area contributed by atoms with Crippen LogP contribution in [0.4, 0.5) is 5.69 Å². The van der Waals surface area contributed by atoms with Crippen LogP contribution in [0.2, 0.25) is 0 Å². The van der Waals surface area contributed by atoms with Crippen molar-refractivity contribution >= 4 is 39.8 Å². The molecule has 0 radical (unpaired) electrons. The van der Waals surface area contributed by atoms with Crippen molar-refractivity contribution < 1.29 is 19.1 Å². The zero-order valence-electron chi connectivity index (χ0n) is 19.8. The minimum Gasteiger partial charge on any atom is -0.465 e. The Morgan fingerprint density at radius 1 is 0.941 bits per heavy atom. The summed E-state index contributed by atoms with van der Waals surface area (Å²) >= 11 is 0. The van der Waals surface area contributed by atoms with Gasteiger partial charge in [0, 0.05) is 24.7 Å². The quantitative estimate of drug-likeness (QED) is 0.393. The molecule has 0 saturated carbocycles. The highest BCUT2D eigenvalue weighted by molar-refractivity contribution is 6.09. The van der Waals surface area contributed by atoms with Gasteiger partial charge in [0.25, 0.3) is 5.91 Å². The Balaban J connectivity index is 1.82. The Hall–Kier alpha value is -3.97. The highest BCUT2D eigenvalue weighted by Crippen LogP contribution is 2.22. The number of likely N-dealkylation sites (N-methyl/N-ethyl adjacent to an activating group) is 1. The lowest BCUT2D eigenvalue weighted by Crippen LogP contribution is -2.31. The van der Waals surface area contributed by atoms with E-state index < -0.39 is 11.9 Å². The first-order valence-corrected chi connectivity index (χ1v) is 10.9. The van der Waals surface area contributed by atoms with Gasteiger partial charge in [-0.2, -0.15) is 0 Å². The van der Waals surface area contributed by atoms with Crippen molar-refractivity contribution in [3.63, 3.8) is 0 Å². The molecule has 2 N–H and O–H groups in total. The average Bonchev–Trinajstić information content (AvgIpc) is 2.82. The maximum absolute atomic E-state index is 12.8. The zero-order valence-corrected chi connectivity index (χ0v) is 19.8. The standard InChI is InChI=1S/C27H29N3O4/c1-18(20-10-9-19-7-5-6-8-21(19)16-20)15-25(31)29-24-17-22(11-12-23(24)27(33)34-4)26(32)28-13-14-30(2)3/h5-12,15-17H,13-14H2,1-4H3,(H,28,32)(H,29,31). The molecule has 0 aromatic heterocycles. The predicted octanol–water partition coefficient (Wildman–Crippen LogP) is 3.96. The highest BCUT2D eigenvalue weighted by atomic mass is 16.5. The Morgan fingerprint density at radius 3 is 2.35 bits per heavy atom. The average molecular weight is 460 g/mol. The topological polar surface area (TPSA) is 87.7 Å². The highest BCUT2D eigenvalue weighted by Gasteiger charge is 2.17. The number of carbonyl (C=O) groups is 3. The summed E-state index contributed by atoms with van der Waals surface area (Å²) in [5.41, 5.74) is 2.38. The number of hydrogen-bond donors (Lipinski definition) is 2. The number of nitrogens with zero attached hydrogens (tertiary/aromatic N) is 1. The molecule has 0 fully saturated rings. The minimum atomic E-state index is -0.606. The van der Waals surface area contributed by atoms with Gasteiger partial charge in [-0.1, -0.05) is 36.4 Å². The molecule has 3 aromatic rings. The lowest BCUT2D eigenvalue weighted by molar-refractivity contribution is -0.111. The van der Waals surface area contributed by atoms with Crippen LogP contribution in [0.25, 0.3) is 16.3 Å². The Kier molecular flexibility index (Phi) is 8.16. The largest absolute Gasteiger partial charge is 0.465 e. The van der Waals surface area contributed by atoms with Gasteiger partial charge in [-0.15, -0.1) is 0 Å². The number of anilines is 1. The summed E-state index contributed by atoms with van der Waals surface area (Å²) in [6.07, 6.45) is 1.47. The number of methoxy groups -OCH3 is 1. The SMILES string of the molecule is COC(=O)c1ccc(C(=O)NCCN(C)C)cc1NC(=O)C=C(C)c1ccc2ccccc2c1. The fraction of sp³-hybridized carbons (Fsp3) is 0.222. The second-order valence-electron chi connectivity index (χ2n) is 8.19. The van der Waals surface area contributed by atoms with E-state index in [9.17, 15) is 14.4 Å². The molecule has 34 heavy (non-hydrogen) atoms. The molecule has 7 nitrogen and oxygen atoms in total. The molecular weight excluding hydrogens is 430 g/mol. The molecule has 2 amide bonds. The summed E-state index contributed by atoms with van der Waals surface area (Å²) in [6, 6.07) is 18.5. The molecule has 0 atom stereocenters. The van der Waals surface area contributed by atoms with Crippen LogP contribution in [0.15, 0.2) is 66.7 Å². The third kappa shape index (κ3) is 6.30. The van der Waals surface area contributed by atoms with E-state index >= 15 is 0 Å². The van der Waals surface area contributed by atoms with Gasteiger partial charge in [0.2, 0.25) is 5.91 Å². The lowest BCUT2D eigenvalue weighted by Gasteiger charge is -2.13. The van der Waals surface area contributed by atoms with Gasteiger partial charge in [-0.3, -0.25) is 9.59 Å². The van der Waals surface area contributed by atoms with Crippen LogP contribution in [0, 0.1) is 0 Å². The summed E-state index contributed by atoms with van der Waals surface area (Å²) in [6.45, 7) is 3.01. The lowest BCUT2D eigenvalue weighted by atomic mass is 10.0. The monoisotopic (exact) mass is 459 g/mol. The van der Waals surface area contributed by atoms with E-state index in [1.165, 1.54) is 31.4 Å². The third-order valence-electron chi connectivity index (χ3n) is 5.34. The number of rotatable bonds is 8. The predicted molar refractivity (Wildman–Crippen MR) is 135 cm³/mol. The van der Waals surface area contributed by atoms with Gasteiger partial charge in [0.1, 0.15) is 0 Å². The number of nitrogens with one attached hydrogen (secondary N) is 2. The van der Waals surface area contributed by atoms with Crippen LogP contribution >= 0.6 is 0 Å². The van der Waals surface area contributed by atoms with Gasteiger partial charge in [-0.25, -0.2) is 4.79 Å². The summed E-state index contributed by atoms with van der Waals surface area (Å²) in [5.74, 6) is -1.32. The Morgan fingerprint density at radius 2 is 1.65 bits per heavy atom. The van der Waals surface area contributed by atoms with Crippen LogP contribution in [0.5, 0.6) is 0 Å². The van der Waals surface area contributed by atoms with E-state index in [-0.39, 0.29) is 17.2 Å². The molecule has 0 aliphatic heterocycles. The van der Waals surface area contributed by atoms with E-state index in [0.29, 0.717) is 18.7 Å². The molecule has 0 bridgehead atoms. The molecule has 0 aliphatic rings. The number of carbonyl (C=O) groups excluding carboxylic acids is 3. The molecule has 176 valence electrons. The molecule has 0 spiro atoms. The van der Waals surface area contributed by atoms with Crippen molar-refractivity contribution in [2.45, 2.75) is 6.92 Å². The van der Waals surface area contributed by atoms with Crippen molar-refractivity contribution in [3.05, 3.63) is 83.4 Å². The minimum absolute atomic E-state index is 0.164. The van der Waals surface area contributed by atoms with E-state index in [4.69, 9.17) is 4.74 Å². The van der Waals surface area contributed by atoms with Crippen LogP contribution in [-0.2, 0) is 9.53 Å². The maximum Gasteiger partial charge on any atom is 0.339 e. The second-order valence-corrected chi connectivity index (χ2v) is 8.19. The van der Waals surface area contributed by atoms with Crippen molar-refractivity contribution in [2.24, 2.45) is 0 Å². The number of esters is 1. The first kappa shape index (κ1) is 24.7. The Labute approximate surface area is 199 Å². The molecule has 0 aliphatic carbocycles. The number of fused-ring (bicyclic) bond motifs is 1. The van der Waals surface area contributed by atoms with Crippen molar-refractivity contribution in [2.75, 3.05) is 39.6 Å². The summed E-state index contributed by atoms with van der Waals surface area (Å²) < 4.78 is 4.83. The van der Waals surface area contributed by atoms with Crippen molar-refractivity contribution in [3.8, 4) is 0 Å². The van der Waals surface area contributed by atoms with Gasteiger partial charge in [-0.05, 0) is 67.2 Å². The molecule has 0 heterocycles. The van der Waals surface area contributed by atoms with Gasteiger partial charge in [0.05, 0.1) is 18.4 Å². The molecule has 0 saturated heterocycles. The van der Waals surface area contributed by atoms with E-state index in [1.54, 1.807) is 0 Å². The normalized spacial score (nSPS) is 11.4. The first-order chi connectivity index (χ1) is 16.3. The maximum atomic E-state index is 12.8. The number of benzene rings is 3. The number of amides is 2. The van der Waals surface area contributed by atoms with E-state index in [2.05, 4.69) is 10.6 Å². The third-order valence-corrected chi connectivity index (χ3v) is 5.34. The fourth-order valence-corrected chi connectivity index (χ4v) is 3.46. The summed E-state index contributed by atoms with van der Waals surface area (Å²) in [7, 11) is 5.09. The van der Waals surface area contributed by atoms with Gasteiger partial charge < -0.3 is 20.3 Å². The van der Waals surface area contributed by atoms with Crippen LogP contribution < -0.4 is 10.6 Å². The number of ether oxygens (including phenoxy) is 1. The van der Waals surface area contributed by atoms with Crippen molar-refractivity contribution in [1.82, 2.24) is 10.2 Å². The van der Waals surface area contributed by atoms with Crippen LogP contribution in [0.3, 0.4) is 0 Å². The molecular formula is C27H29N3O4. The molecule has 3 rings (SSSR count). The smallest absolute Gasteiger partial charge is 0.339 e. The summed E-state index contributed by atoms with van der Waals surface area (Å²) in [4.78, 5) is 39.5. The molecule has 7 heteroatoms. The second kappa shape index (κ2) is 11.2. The Bertz CT molecular complexity index is 1250. The van der Waals surface area contributed by atoms with Gasteiger partial charge in [0.15, 0.2) is 0 Å². The van der Waals surface area contributed by atoms with Crippen molar-refractivity contribution in [1.29, 1.82) is 0 Å². The number of hydrogen-bond acceptors (Lipinski definition) is 5. The summed E-state index contributed by atoms with van der Waals surface area (Å²) in [5, 5.41) is 7.74. The van der Waals surface area contributed by atoms with Gasteiger partial charge >= 0.3 is 5.97 Å².